The summed E-state index contributed by atoms with van der Waals surface area (Å²) < 4.78 is 30.0. The maximum Gasteiger partial charge on any atom is 0.417 e. The largest absolute Gasteiger partial charge is 0.446 e. The number of carbonyl (C=O) groups excluding carboxylic acids is 13. The van der Waals surface area contributed by atoms with Crippen molar-refractivity contribution in [1.29, 1.82) is 0 Å². The lowest BCUT2D eigenvalue weighted by Gasteiger charge is -2.29. The van der Waals surface area contributed by atoms with Crippen LogP contribution in [0, 0.1) is 0 Å². The van der Waals surface area contributed by atoms with Gasteiger partial charge in [-0.1, -0.05) is 101 Å². The van der Waals surface area contributed by atoms with E-state index in [1.807, 2.05) is 76.2 Å². The van der Waals surface area contributed by atoms with Gasteiger partial charge in [-0.3, -0.25) is 72.2 Å². The Kier molecular flexibility index (Phi) is 36.2. The van der Waals surface area contributed by atoms with Crippen molar-refractivity contribution in [2.45, 2.75) is 32.2 Å². The summed E-state index contributed by atoms with van der Waals surface area (Å²) in [7, 11) is 0. The van der Waals surface area contributed by atoms with Crippen molar-refractivity contribution >= 4 is 94.8 Å². The Bertz CT molecular complexity index is 3240. The van der Waals surface area contributed by atoms with E-state index < -0.39 is 6.09 Å². The summed E-state index contributed by atoms with van der Waals surface area (Å²) in [5, 5.41) is 0. The van der Waals surface area contributed by atoms with Gasteiger partial charge in [-0.05, 0) is 42.5 Å². The average molecular weight is 1390 g/mol. The van der Waals surface area contributed by atoms with Crippen LogP contribution in [0.4, 0.5) is 4.79 Å². The first kappa shape index (κ1) is 81.4. The molecule has 0 aromatic heterocycles. The van der Waals surface area contributed by atoms with E-state index in [2.05, 4.69) is 57.4 Å². The van der Waals surface area contributed by atoms with Crippen molar-refractivity contribution < 1.29 is 90.8 Å². The van der Waals surface area contributed by atoms with Crippen LogP contribution in [-0.2, 0) is 81.2 Å². The van der Waals surface area contributed by atoms with Gasteiger partial charge in [-0.25, -0.2) is 9.69 Å². The van der Waals surface area contributed by atoms with Crippen LogP contribution in [0.1, 0.15) is 53.7 Å². The van der Waals surface area contributed by atoms with Crippen molar-refractivity contribution in [3.05, 3.63) is 178 Å². The monoisotopic (exact) mass is 1390 g/mol. The van der Waals surface area contributed by atoms with Crippen molar-refractivity contribution in [3.8, 4) is 0 Å². The topological polar surface area (TPSA) is 306 Å². The highest BCUT2D eigenvalue weighted by molar-refractivity contribution is 7.99. The predicted octanol–water partition coefficient (Wildman–Crippen LogP) is 4.32. The van der Waals surface area contributed by atoms with E-state index in [1.54, 1.807) is 27.7 Å². The molecular formula is C70H87N9O19S. The fraction of sp³-hybridized carbons (Fsp3) is 0.386. The fourth-order valence-electron chi connectivity index (χ4n) is 9.39. The Hall–Kier alpha value is -10.0. The highest BCUT2D eigenvalue weighted by Crippen LogP contribution is 2.29. The number of carbonyl (C=O) groups is 13. The number of rotatable bonds is 12. The lowest BCUT2D eigenvalue weighted by atomic mass is 10.1. The molecule has 99 heavy (non-hydrogen) atoms. The Labute approximate surface area is 580 Å². The van der Waals surface area contributed by atoms with Gasteiger partial charge in [0.2, 0.25) is 29.5 Å². The van der Waals surface area contributed by atoms with E-state index in [1.165, 1.54) is 43.0 Å². The standard InChI is InChI=1S/C13H20N2O4.C13H13NO3.C13H15NO2.C7H11NOS.C6H7NO3.C6H9NO2.C6H7NO2.C6H5NO2/c1-11(13(17)15-4-8-19-9-5-15)10-12(16)14-2-6-18-7-3-14;1-9(2)12(15)14-11(8-17-13(14)16)10-6-4-3-5-7-10;1-2-11-3-5-12(6-4-11)13(15)14-7-9-16-10-8-14;1-2-7(9)8-3-5-10-6-4-8;1-2-7-5(8)3-10-4-6(7)9;1-2-7-3-4-9-5-6(7)8;2*1-2-7-5(8)3-4-6(7)9/h1-10H2;3-7,11H,1,8H2,2H3;2-6H,1,7-10H2;2H,1,3-6H2;2H,1,3-4H2;2H,1,3-5H2;2H,1,3-4H2;2-4H,1H2. The lowest BCUT2D eigenvalue weighted by Crippen LogP contribution is -2.43. The molecule has 9 aliphatic rings. The normalized spacial score (nSPS) is 18.6. The Morgan fingerprint density at radius 1 is 0.515 bits per heavy atom. The summed E-state index contributed by atoms with van der Waals surface area (Å²) in [5.41, 5.74) is 3.32. The molecule has 0 spiro atoms. The first-order valence-electron chi connectivity index (χ1n) is 31.5. The van der Waals surface area contributed by atoms with Crippen LogP contribution < -0.4 is 0 Å². The molecule has 28 nitrogen and oxygen atoms in total. The molecule has 29 heteroatoms. The van der Waals surface area contributed by atoms with E-state index in [-0.39, 0.29) is 110 Å². The van der Waals surface area contributed by atoms with Crippen molar-refractivity contribution in [1.82, 2.24) is 44.1 Å². The summed E-state index contributed by atoms with van der Waals surface area (Å²) in [4.78, 5) is 158. The second kappa shape index (κ2) is 44.0. The summed E-state index contributed by atoms with van der Waals surface area (Å²) in [6.45, 7) is 40.0. The first-order valence-corrected chi connectivity index (χ1v) is 32.6. The molecule has 0 saturated carbocycles. The van der Waals surface area contributed by atoms with Gasteiger partial charge >= 0.3 is 6.09 Å². The number of ether oxygens (including phenoxy) is 6. The van der Waals surface area contributed by atoms with Gasteiger partial charge in [0.25, 0.3) is 41.4 Å². The zero-order valence-corrected chi connectivity index (χ0v) is 56.7. The van der Waals surface area contributed by atoms with Crippen molar-refractivity contribution in [2.75, 3.05) is 143 Å². The molecule has 2 aromatic rings. The van der Waals surface area contributed by atoms with Crippen LogP contribution in [-0.4, -0.2) is 264 Å². The number of nitrogens with zero attached hydrogens (tertiary/aromatic N) is 9. The molecule has 8 saturated heterocycles. The van der Waals surface area contributed by atoms with Crippen LogP contribution in [0.3, 0.4) is 0 Å². The molecule has 9 heterocycles. The van der Waals surface area contributed by atoms with Gasteiger partial charge < -0.3 is 52.9 Å². The smallest absolute Gasteiger partial charge is 0.417 e. The maximum absolute atomic E-state index is 12.1. The molecule has 11 rings (SSSR count). The van der Waals surface area contributed by atoms with Gasteiger partial charge in [0.1, 0.15) is 32.5 Å². The number of amides is 13. The second-order valence-electron chi connectivity index (χ2n) is 21.6. The molecule has 1 unspecified atom stereocenters. The lowest BCUT2D eigenvalue weighted by molar-refractivity contribution is -0.155. The molecule has 0 radical (unpaired) electrons. The van der Waals surface area contributed by atoms with Crippen LogP contribution in [0.2, 0.25) is 0 Å². The van der Waals surface area contributed by atoms with Gasteiger partial charge in [0.05, 0.1) is 52.7 Å². The van der Waals surface area contributed by atoms with E-state index in [4.69, 9.17) is 23.7 Å². The number of benzene rings is 2. The van der Waals surface area contributed by atoms with E-state index in [0.29, 0.717) is 116 Å². The van der Waals surface area contributed by atoms with Gasteiger partial charge in [-0.2, -0.15) is 11.8 Å². The quantitative estimate of drug-likeness (QED) is 0.211. The molecule has 1 atom stereocenters. The SMILES string of the molecule is C=C(C)C(=O)N1C(=O)OCC1c1ccccc1.C=C(CC(=O)N1CCOCC1)C(=O)N1CCOCC1.C=CC(=O)N1CCSCC1.C=CN1C(=O)C=CC1=O.C=CN1C(=O)CCC1=O.C=CN1C(=O)COCC1=O.C=CN1CCOCC1=O.C=Cc1ccc(C(=O)N2CCOCC2)cc1. The van der Waals surface area contributed by atoms with Crippen molar-refractivity contribution in [3.63, 3.8) is 0 Å². The third-order valence-corrected chi connectivity index (χ3v) is 15.8. The molecule has 9 aliphatic heterocycles. The number of hydrogen-bond donors (Lipinski definition) is 0. The molecule has 0 bridgehead atoms. The van der Waals surface area contributed by atoms with E-state index in [0.717, 1.165) is 60.9 Å². The zero-order chi connectivity index (χ0) is 72.8. The molecular weight excluding hydrogens is 1300 g/mol. The number of morpholine rings is 5. The third-order valence-electron chi connectivity index (χ3n) is 14.9. The minimum Gasteiger partial charge on any atom is -0.446 e. The number of imide groups is 4. The Morgan fingerprint density at radius 2 is 1.00 bits per heavy atom. The molecule has 8 fully saturated rings. The highest BCUT2D eigenvalue weighted by atomic mass is 32.2. The first-order chi connectivity index (χ1) is 47.5. The molecule has 13 amide bonds. The zero-order valence-electron chi connectivity index (χ0n) is 55.9. The van der Waals surface area contributed by atoms with Crippen LogP contribution in [0.25, 0.3) is 6.08 Å². The molecule has 0 aliphatic carbocycles. The minimum atomic E-state index is -0.605. The van der Waals surface area contributed by atoms with Gasteiger partial charge in [-0.15, -0.1) is 0 Å². The molecule has 2 aromatic carbocycles. The van der Waals surface area contributed by atoms with E-state index >= 15 is 0 Å². The van der Waals surface area contributed by atoms with Crippen LogP contribution in [0.5, 0.6) is 0 Å². The van der Waals surface area contributed by atoms with Crippen molar-refractivity contribution in [2.24, 2.45) is 0 Å². The van der Waals surface area contributed by atoms with Crippen LogP contribution >= 0.6 is 11.8 Å². The summed E-state index contributed by atoms with van der Waals surface area (Å²) in [6, 6.07) is 16.5. The van der Waals surface area contributed by atoms with Crippen LogP contribution in [0.15, 0.2) is 161 Å². The number of thioether (sulfide) groups is 1. The van der Waals surface area contributed by atoms with Gasteiger partial charge in [0.15, 0.2) is 0 Å². The predicted molar refractivity (Wildman–Crippen MR) is 366 cm³/mol. The fourth-order valence-corrected chi connectivity index (χ4v) is 10.3. The molecule has 0 N–H and O–H groups in total. The minimum absolute atomic E-state index is 0.00347. The molecule has 532 valence electrons. The average Bonchev–Trinajstić information content (AvgIpc) is 1.58. The Morgan fingerprint density at radius 3 is 1.43 bits per heavy atom. The Balaban J connectivity index is 0.000000245. The van der Waals surface area contributed by atoms with E-state index in [9.17, 15) is 62.3 Å². The number of likely N-dealkylation sites (tertiary alicyclic amines) is 1. The second-order valence-corrected chi connectivity index (χ2v) is 22.8. The van der Waals surface area contributed by atoms with Gasteiger partial charge in [0, 0.05) is 131 Å². The summed E-state index contributed by atoms with van der Waals surface area (Å²) in [5.74, 6) is 0.0724. The number of cyclic esters (lactones) is 1. The summed E-state index contributed by atoms with van der Waals surface area (Å²) in [6.07, 6.45) is 10.9. The number of hydrogen-bond acceptors (Lipinski definition) is 20. The highest BCUT2D eigenvalue weighted by Gasteiger charge is 2.39. The maximum atomic E-state index is 12.1. The summed E-state index contributed by atoms with van der Waals surface area (Å²) >= 11 is 1.90. The third kappa shape index (κ3) is 26.7.